The average molecular weight is 382 g/mol. The number of hydrogen-bond acceptors (Lipinski definition) is 4. The number of carbonyl (C=O) groups is 2. The van der Waals surface area contributed by atoms with Crippen molar-refractivity contribution in [2.45, 2.75) is 32.6 Å². The van der Waals surface area contributed by atoms with Crippen LogP contribution in [-0.2, 0) is 9.59 Å². The molecule has 2 amide bonds. The Morgan fingerprint density at radius 3 is 2.54 bits per heavy atom. The molecule has 6 nitrogen and oxygen atoms in total. The lowest BCUT2D eigenvalue weighted by Crippen LogP contribution is -2.24. The van der Waals surface area contributed by atoms with Gasteiger partial charge in [0.1, 0.15) is 11.5 Å². The molecule has 0 aliphatic carbocycles. The molecule has 1 fully saturated rings. The van der Waals surface area contributed by atoms with Crippen LogP contribution < -0.4 is 19.7 Å². The van der Waals surface area contributed by atoms with E-state index < -0.39 is 0 Å². The number of hydrogen-bond donors (Lipinski definition) is 1. The van der Waals surface area contributed by atoms with E-state index in [1.165, 1.54) is 5.56 Å². The fourth-order valence-corrected chi connectivity index (χ4v) is 3.18. The Bertz CT molecular complexity index is 846. The Balaban J connectivity index is 1.59. The molecule has 0 bridgehead atoms. The number of nitrogens with zero attached hydrogens (tertiary/aromatic N) is 1. The Hall–Kier alpha value is -3.02. The number of nitrogens with one attached hydrogen (secondary N) is 1. The van der Waals surface area contributed by atoms with Gasteiger partial charge < -0.3 is 19.7 Å². The molecular formula is C22H26N2O4. The minimum atomic E-state index is -0.264. The molecule has 0 saturated carbocycles. The van der Waals surface area contributed by atoms with Gasteiger partial charge in [-0.1, -0.05) is 26.0 Å². The number of amides is 2. The summed E-state index contributed by atoms with van der Waals surface area (Å²) in [5.74, 6) is 1.48. The lowest BCUT2D eigenvalue weighted by atomic mass is 10.0. The fraction of sp³-hybridized carbons (Fsp3) is 0.364. The van der Waals surface area contributed by atoms with Gasteiger partial charge in [-0.25, -0.2) is 0 Å². The first-order valence-corrected chi connectivity index (χ1v) is 9.49. The summed E-state index contributed by atoms with van der Waals surface area (Å²) < 4.78 is 11.0. The van der Waals surface area contributed by atoms with E-state index in [4.69, 9.17) is 9.47 Å². The Kier molecular flexibility index (Phi) is 6.19. The van der Waals surface area contributed by atoms with Gasteiger partial charge in [0, 0.05) is 24.7 Å². The predicted molar refractivity (Wildman–Crippen MR) is 109 cm³/mol. The highest BCUT2D eigenvalue weighted by Crippen LogP contribution is 2.33. The summed E-state index contributed by atoms with van der Waals surface area (Å²) in [6.45, 7) is 4.85. The van der Waals surface area contributed by atoms with Crippen molar-refractivity contribution in [3.63, 3.8) is 0 Å². The number of anilines is 2. The van der Waals surface area contributed by atoms with Gasteiger partial charge in [0.25, 0.3) is 5.91 Å². The van der Waals surface area contributed by atoms with Gasteiger partial charge in [0.15, 0.2) is 6.61 Å². The van der Waals surface area contributed by atoms with Gasteiger partial charge in [-0.05, 0) is 42.2 Å². The second-order valence-electron chi connectivity index (χ2n) is 7.10. The van der Waals surface area contributed by atoms with Gasteiger partial charge in [-0.2, -0.15) is 0 Å². The van der Waals surface area contributed by atoms with Gasteiger partial charge in [0.05, 0.1) is 12.8 Å². The number of carbonyl (C=O) groups excluding carboxylic acids is 2. The van der Waals surface area contributed by atoms with Crippen LogP contribution in [0.3, 0.4) is 0 Å². The normalized spacial score (nSPS) is 13.7. The summed E-state index contributed by atoms with van der Waals surface area (Å²) >= 11 is 0. The molecule has 2 aromatic carbocycles. The van der Waals surface area contributed by atoms with Crippen molar-refractivity contribution in [2.24, 2.45) is 0 Å². The van der Waals surface area contributed by atoms with E-state index in [9.17, 15) is 9.59 Å². The second-order valence-corrected chi connectivity index (χ2v) is 7.10. The van der Waals surface area contributed by atoms with E-state index in [-0.39, 0.29) is 18.4 Å². The molecule has 28 heavy (non-hydrogen) atoms. The van der Waals surface area contributed by atoms with Crippen LogP contribution in [0.2, 0.25) is 0 Å². The highest BCUT2D eigenvalue weighted by Gasteiger charge is 2.24. The van der Waals surface area contributed by atoms with E-state index in [1.54, 1.807) is 30.2 Å². The lowest BCUT2D eigenvalue weighted by molar-refractivity contribution is -0.118. The molecule has 6 heteroatoms. The minimum Gasteiger partial charge on any atom is -0.494 e. The molecule has 0 unspecified atom stereocenters. The molecule has 0 aromatic heterocycles. The molecule has 1 N–H and O–H groups in total. The Morgan fingerprint density at radius 1 is 1.18 bits per heavy atom. The summed E-state index contributed by atoms with van der Waals surface area (Å²) in [6, 6.07) is 13.0. The number of benzene rings is 2. The van der Waals surface area contributed by atoms with Crippen molar-refractivity contribution in [2.75, 3.05) is 30.5 Å². The number of ether oxygens (including phenoxy) is 2. The third-order valence-electron chi connectivity index (χ3n) is 4.74. The summed E-state index contributed by atoms with van der Waals surface area (Å²) in [6.07, 6.45) is 1.40. The minimum absolute atomic E-state index is 0.0876. The average Bonchev–Trinajstić information content (AvgIpc) is 3.12. The second kappa shape index (κ2) is 8.78. The Labute approximate surface area is 165 Å². The molecule has 3 rings (SSSR count). The van der Waals surface area contributed by atoms with E-state index in [0.29, 0.717) is 36.1 Å². The van der Waals surface area contributed by atoms with E-state index in [0.717, 1.165) is 12.1 Å². The zero-order valence-electron chi connectivity index (χ0n) is 16.5. The van der Waals surface area contributed by atoms with Crippen molar-refractivity contribution < 1.29 is 19.1 Å². The van der Waals surface area contributed by atoms with Gasteiger partial charge in [-0.3, -0.25) is 9.59 Å². The van der Waals surface area contributed by atoms with Gasteiger partial charge >= 0.3 is 0 Å². The molecule has 148 valence electrons. The quantitative estimate of drug-likeness (QED) is 0.787. The van der Waals surface area contributed by atoms with Crippen LogP contribution in [0.4, 0.5) is 11.4 Å². The van der Waals surface area contributed by atoms with E-state index >= 15 is 0 Å². The zero-order valence-corrected chi connectivity index (χ0v) is 16.5. The topological polar surface area (TPSA) is 67.9 Å². The molecule has 0 spiro atoms. The maximum Gasteiger partial charge on any atom is 0.262 e. The van der Waals surface area contributed by atoms with Crippen LogP contribution in [0.5, 0.6) is 11.5 Å². The fourth-order valence-electron chi connectivity index (χ4n) is 3.18. The maximum atomic E-state index is 12.2. The first-order valence-electron chi connectivity index (χ1n) is 9.49. The first kappa shape index (κ1) is 19.7. The van der Waals surface area contributed by atoms with Gasteiger partial charge in [0.2, 0.25) is 5.91 Å². The number of methoxy groups -OCH3 is 1. The molecule has 1 saturated heterocycles. The third-order valence-corrected chi connectivity index (χ3v) is 4.74. The van der Waals surface area contributed by atoms with Gasteiger partial charge in [-0.15, -0.1) is 0 Å². The third kappa shape index (κ3) is 4.63. The molecule has 0 radical (unpaired) electrons. The van der Waals surface area contributed by atoms with Crippen LogP contribution in [0.25, 0.3) is 0 Å². The van der Waals surface area contributed by atoms with Crippen molar-refractivity contribution in [3.8, 4) is 11.5 Å². The van der Waals surface area contributed by atoms with Crippen LogP contribution in [0.1, 0.15) is 38.2 Å². The van der Waals surface area contributed by atoms with Crippen LogP contribution in [-0.4, -0.2) is 32.1 Å². The van der Waals surface area contributed by atoms with Crippen LogP contribution in [0.15, 0.2) is 42.5 Å². The Morgan fingerprint density at radius 2 is 1.93 bits per heavy atom. The molecular weight excluding hydrogens is 356 g/mol. The summed E-state index contributed by atoms with van der Waals surface area (Å²) in [5, 5.41) is 2.80. The number of rotatable bonds is 7. The molecule has 1 aliphatic rings. The highest BCUT2D eigenvalue weighted by molar-refractivity contribution is 5.98. The van der Waals surface area contributed by atoms with Crippen molar-refractivity contribution in [1.82, 2.24) is 0 Å². The summed E-state index contributed by atoms with van der Waals surface area (Å²) in [7, 11) is 1.55. The highest BCUT2D eigenvalue weighted by atomic mass is 16.5. The smallest absolute Gasteiger partial charge is 0.262 e. The summed E-state index contributed by atoms with van der Waals surface area (Å²) in [5.41, 5.74) is 2.54. The molecule has 1 heterocycles. The SMILES string of the molecule is COc1cc(NC(=O)COc2ccc(C(C)C)cc2)ccc1N1CCCC1=O. The van der Waals surface area contributed by atoms with Crippen molar-refractivity contribution in [1.29, 1.82) is 0 Å². The first-order chi connectivity index (χ1) is 13.5. The molecule has 1 aliphatic heterocycles. The van der Waals surface area contributed by atoms with Crippen molar-refractivity contribution in [3.05, 3.63) is 48.0 Å². The van der Waals surface area contributed by atoms with Crippen molar-refractivity contribution >= 4 is 23.2 Å². The standard InChI is InChI=1S/C22H26N2O4/c1-15(2)16-6-9-18(10-7-16)28-14-21(25)23-17-8-11-19(20(13-17)27-3)24-12-4-5-22(24)26/h6-11,13,15H,4-5,12,14H2,1-3H3,(H,23,25). The summed E-state index contributed by atoms with van der Waals surface area (Å²) in [4.78, 5) is 25.9. The zero-order chi connectivity index (χ0) is 20.1. The molecule has 0 atom stereocenters. The molecule has 2 aromatic rings. The van der Waals surface area contributed by atoms with Crippen LogP contribution in [0, 0.1) is 0 Å². The maximum absolute atomic E-state index is 12.2. The van der Waals surface area contributed by atoms with E-state index in [1.807, 2.05) is 24.3 Å². The predicted octanol–water partition coefficient (Wildman–Crippen LogP) is 3.96. The van der Waals surface area contributed by atoms with Crippen LogP contribution >= 0.6 is 0 Å². The van der Waals surface area contributed by atoms with E-state index in [2.05, 4.69) is 19.2 Å². The monoisotopic (exact) mass is 382 g/mol. The lowest BCUT2D eigenvalue weighted by Gasteiger charge is -2.19. The largest absolute Gasteiger partial charge is 0.494 e.